The maximum atomic E-state index is 11.3. The van der Waals surface area contributed by atoms with Crippen molar-refractivity contribution in [1.29, 1.82) is 0 Å². The van der Waals surface area contributed by atoms with Crippen LogP contribution in [0.15, 0.2) is 0 Å². The standard InChI is InChI=1S/C10H18N2O5/c1-2-4-17-5-3-9(14)12-7(10(15)16)6-8(11)13/h7H,2-6H2,1H3,(H2,11,13)(H,12,14)(H,15,16)/t7-/m0/s1. The number of aliphatic carboxylic acids is 1. The summed E-state index contributed by atoms with van der Waals surface area (Å²) < 4.78 is 5.08. The largest absolute Gasteiger partial charge is 0.480 e. The van der Waals surface area contributed by atoms with Gasteiger partial charge in [-0.2, -0.15) is 0 Å². The summed E-state index contributed by atoms with van der Waals surface area (Å²) in [5, 5.41) is 10.9. The molecule has 2 amide bonds. The minimum atomic E-state index is -1.29. The van der Waals surface area contributed by atoms with Gasteiger partial charge in [0.25, 0.3) is 0 Å². The van der Waals surface area contributed by atoms with E-state index in [1.807, 2.05) is 6.92 Å². The number of primary amides is 1. The van der Waals surface area contributed by atoms with Gasteiger partial charge in [0.1, 0.15) is 6.04 Å². The third-order valence-electron chi connectivity index (χ3n) is 1.86. The summed E-state index contributed by atoms with van der Waals surface area (Å²) in [5.74, 6) is -2.54. The number of carbonyl (C=O) groups is 3. The van der Waals surface area contributed by atoms with Crippen molar-refractivity contribution < 1.29 is 24.2 Å². The zero-order chi connectivity index (χ0) is 13.3. The fraction of sp³-hybridized carbons (Fsp3) is 0.700. The van der Waals surface area contributed by atoms with Crippen molar-refractivity contribution in [3.63, 3.8) is 0 Å². The number of amides is 2. The average molecular weight is 246 g/mol. The van der Waals surface area contributed by atoms with Crippen LogP contribution in [0.25, 0.3) is 0 Å². The Morgan fingerprint density at radius 2 is 2.00 bits per heavy atom. The molecule has 0 heterocycles. The van der Waals surface area contributed by atoms with Crippen LogP contribution in [0.5, 0.6) is 0 Å². The molecule has 1 atom stereocenters. The Balaban J connectivity index is 3.96. The van der Waals surface area contributed by atoms with E-state index >= 15 is 0 Å². The maximum absolute atomic E-state index is 11.3. The Bertz CT molecular complexity index is 280. The summed E-state index contributed by atoms with van der Waals surface area (Å²) in [6, 6.07) is -1.27. The molecule has 0 aromatic rings. The maximum Gasteiger partial charge on any atom is 0.326 e. The smallest absolute Gasteiger partial charge is 0.326 e. The van der Waals surface area contributed by atoms with E-state index in [9.17, 15) is 14.4 Å². The second-order valence-electron chi connectivity index (χ2n) is 3.49. The minimum Gasteiger partial charge on any atom is -0.480 e. The number of hydrogen-bond acceptors (Lipinski definition) is 4. The monoisotopic (exact) mass is 246 g/mol. The molecular formula is C10H18N2O5. The molecule has 0 rings (SSSR count). The minimum absolute atomic E-state index is 0.0581. The molecule has 0 saturated heterocycles. The van der Waals surface area contributed by atoms with E-state index in [1.165, 1.54) is 0 Å². The van der Waals surface area contributed by atoms with Crippen molar-refractivity contribution in [2.75, 3.05) is 13.2 Å². The molecule has 0 aromatic heterocycles. The van der Waals surface area contributed by atoms with Gasteiger partial charge in [-0.15, -0.1) is 0 Å². The highest BCUT2D eigenvalue weighted by Crippen LogP contribution is 1.94. The van der Waals surface area contributed by atoms with Gasteiger partial charge < -0.3 is 20.9 Å². The van der Waals surface area contributed by atoms with Gasteiger partial charge in [-0.05, 0) is 6.42 Å². The van der Waals surface area contributed by atoms with Crippen molar-refractivity contribution >= 4 is 17.8 Å². The van der Waals surface area contributed by atoms with E-state index in [-0.39, 0.29) is 13.0 Å². The molecule has 0 aliphatic carbocycles. The van der Waals surface area contributed by atoms with Gasteiger partial charge >= 0.3 is 5.97 Å². The third-order valence-corrected chi connectivity index (χ3v) is 1.86. The molecule has 0 radical (unpaired) electrons. The van der Waals surface area contributed by atoms with Gasteiger partial charge in [0.05, 0.1) is 13.0 Å². The van der Waals surface area contributed by atoms with Gasteiger partial charge in [0.15, 0.2) is 0 Å². The van der Waals surface area contributed by atoms with Crippen molar-refractivity contribution in [1.82, 2.24) is 5.32 Å². The predicted octanol–water partition coefficient (Wildman–Crippen LogP) is -0.752. The summed E-state index contributed by atoms with van der Waals surface area (Å²) in [6.45, 7) is 2.72. The lowest BCUT2D eigenvalue weighted by atomic mass is 10.2. The molecular weight excluding hydrogens is 228 g/mol. The highest BCUT2D eigenvalue weighted by molar-refractivity contribution is 5.88. The number of carboxylic acid groups (broad SMARTS) is 1. The molecule has 7 heteroatoms. The molecule has 98 valence electrons. The fourth-order valence-electron chi connectivity index (χ4n) is 1.08. The van der Waals surface area contributed by atoms with E-state index in [0.717, 1.165) is 6.42 Å². The van der Waals surface area contributed by atoms with Crippen LogP contribution in [0.3, 0.4) is 0 Å². The summed E-state index contributed by atoms with van der Waals surface area (Å²) in [7, 11) is 0. The molecule has 0 aliphatic rings. The molecule has 0 aromatic carbocycles. The number of carbonyl (C=O) groups excluding carboxylic acids is 2. The molecule has 0 unspecified atom stereocenters. The first-order valence-corrected chi connectivity index (χ1v) is 5.35. The second kappa shape index (κ2) is 8.51. The van der Waals surface area contributed by atoms with Gasteiger partial charge in [-0.3, -0.25) is 9.59 Å². The summed E-state index contributed by atoms with van der Waals surface area (Å²) in [5.41, 5.74) is 4.87. The molecule has 4 N–H and O–H groups in total. The van der Waals surface area contributed by atoms with Gasteiger partial charge in [-0.1, -0.05) is 6.92 Å². The number of nitrogens with one attached hydrogen (secondary N) is 1. The highest BCUT2D eigenvalue weighted by atomic mass is 16.5. The number of rotatable bonds is 9. The Morgan fingerprint density at radius 1 is 1.35 bits per heavy atom. The normalized spacial score (nSPS) is 11.8. The fourth-order valence-corrected chi connectivity index (χ4v) is 1.08. The van der Waals surface area contributed by atoms with Crippen LogP contribution in [0.2, 0.25) is 0 Å². The molecule has 7 nitrogen and oxygen atoms in total. The van der Waals surface area contributed by atoms with Crippen LogP contribution in [0.1, 0.15) is 26.2 Å². The quantitative estimate of drug-likeness (QED) is 0.462. The summed E-state index contributed by atoms with van der Waals surface area (Å²) in [6.07, 6.45) is 0.487. The highest BCUT2D eigenvalue weighted by Gasteiger charge is 2.21. The Kier molecular flexibility index (Phi) is 7.70. The predicted molar refractivity (Wildman–Crippen MR) is 59.1 cm³/mol. The van der Waals surface area contributed by atoms with E-state index in [4.69, 9.17) is 15.6 Å². The number of ether oxygens (including phenoxy) is 1. The van der Waals surface area contributed by atoms with Crippen LogP contribution in [-0.4, -0.2) is 42.1 Å². The van der Waals surface area contributed by atoms with E-state index < -0.39 is 30.2 Å². The van der Waals surface area contributed by atoms with Gasteiger partial charge in [-0.25, -0.2) is 4.79 Å². The van der Waals surface area contributed by atoms with Crippen molar-refractivity contribution in [2.45, 2.75) is 32.2 Å². The molecule has 0 saturated carbocycles. The lowest BCUT2D eigenvalue weighted by Gasteiger charge is -2.12. The number of carboxylic acids is 1. The molecule has 0 aliphatic heterocycles. The first-order chi connectivity index (χ1) is 7.97. The van der Waals surface area contributed by atoms with Gasteiger partial charge in [0, 0.05) is 13.0 Å². The Hall–Kier alpha value is -1.63. The Morgan fingerprint density at radius 3 is 2.47 bits per heavy atom. The van der Waals surface area contributed by atoms with Gasteiger partial charge in [0.2, 0.25) is 11.8 Å². The van der Waals surface area contributed by atoms with E-state index in [2.05, 4.69) is 5.32 Å². The number of nitrogens with two attached hydrogens (primary N) is 1. The molecule has 17 heavy (non-hydrogen) atoms. The SMILES string of the molecule is CCCOCCC(=O)N[C@@H](CC(N)=O)C(=O)O. The van der Waals surface area contributed by atoms with E-state index in [0.29, 0.717) is 6.61 Å². The Labute approximate surface area is 99.3 Å². The van der Waals surface area contributed by atoms with E-state index in [1.54, 1.807) is 0 Å². The molecule has 0 spiro atoms. The first kappa shape index (κ1) is 15.4. The number of hydrogen-bond donors (Lipinski definition) is 3. The summed E-state index contributed by atoms with van der Waals surface area (Å²) in [4.78, 5) is 32.6. The average Bonchev–Trinajstić information content (AvgIpc) is 2.22. The van der Waals surface area contributed by atoms with Crippen LogP contribution in [0, 0.1) is 0 Å². The first-order valence-electron chi connectivity index (χ1n) is 5.35. The lowest BCUT2D eigenvalue weighted by molar-refractivity contribution is -0.143. The van der Waals surface area contributed by atoms with Crippen LogP contribution in [0.4, 0.5) is 0 Å². The van der Waals surface area contributed by atoms with Crippen LogP contribution in [-0.2, 0) is 19.1 Å². The van der Waals surface area contributed by atoms with Crippen LogP contribution >= 0.6 is 0 Å². The molecule has 0 bridgehead atoms. The topological polar surface area (TPSA) is 119 Å². The van der Waals surface area contributed by atoms with Crippen molar-refractivity contribution in [3.05, 3.63) is 0 Å². The second-order valence-corrected chi connectivity index (χ2v) is 3.49. The lowest BCUT2D eigenvalue weighted by Crippen LogP contribution is -2.43. The van der Waals surface area contributed by atoms with Crippen molar-refractivity contribution in [2.24, 2.45) is 5.73 Å². The zero-order valence-electron chi connectivity index (χ0n) is 9.77. The third kappa shape index (κ3) is 8.21. The van der Waals surface area contributed by atoms with Crippen LogP contribution < -0.4 is 11.1 Å². The molecule has 0 fully saturated rings. The summed E-state index contributed by atoms with van der Waals surface area (Å²) >= 11 is 0. The van der Waals surface area contributed by atoms with Crippen molar-refractivity contribution in [3.8, 4) is 0 Å². The zero-order valence-corrected chi connectivity index (χ0v) is 9.77.